The number of rotatable bonds is 7. The third-order valence-electron chi connectivity index (χ3n) is 6.15. The van der Waals surface area contributed by atoms with E-state index in [2.05, 4.69) is 35.0 Å². The van der Waals surface area contributed by atoms with E-state index in [1.165, 1.54) is 0 Å². The van der Waals surface area contributed by atoms with E-state index in [9.17, 15) is 4.79 Å². The smallest absolute Gasteiger partial charge is 0.237 e. The zero-order valence-electron chi connectivity index (χ0n) is 18.6. The molecule has 2 aromatic carbocycles. The number of amides is 1. The minimum Gasteiger partial charge on any atom is -0.354 e. The molecule has 0 bridgehead atoms. The van der Waals surface area contributed by atoms with Gasteiger partial charge in [-0.1, -0.05) is 54.6 Å². The molecule has 1 amide bonds. The lowest BCUT2D eigenvalue weighted by atomic mass is 9.93. The quantitative estimate of drug-likeness (QED) is 0.377. The summed E-state index contributed by atoms with van der Waals surface area (Å²) in [6.07, 6.45) is 6.58. The van der Waals surface area contributed by atoms with Crippen molar-refractivity contribution in [1.82, 2.24) is 30.2 Å². The molecule has 3 N–H and O–H groups in total. The van der Waals surface area contributed by atoms with Crippen molar-refractivity contribution in [3.8, 4) is 0 Å². The monoisotopic (exact) mass is 451 g/mol. The van der Waals surface area contributed by atoms with Crippen molar-refractivity contribution in [2.45, 2.75) is 31.5 Å². The summed E-state index contributed by atoms with van der Waals surface area (Å²) in [5.74, 6) is -0.0259. The van der Waals surface area contributed by atoms with Gasteiger partial charge in [0.25, 0.3) is 0 Å². The molecule has 2 unspecified atom stereocenters. The Morgan fingerprint density at radius 3 is 2.79 bits per heavy atom. The van der Waals surface area contributed by atoms with Crippen molar-refractivity contribution >= 4 is 11.6 Å². The van der Waals surface area contributed by atoms with Crippen molar-refractivity contribution in [3.05, 3.63) is 113 Å². The van der Waals surface area contributed by atoms with Gasteiger partial charge in [-0.25, -0.2) is 14.8 Å². The third kappa shape index (κ3) is 4.60. The lowest BCUT2D eigenvalue weighted by Gasteiger charge is -2.30. The fraction of sp³-hybridized carbons (Fsp3) is 0.231. The molecule has 0 fully saturated rings. The number of nitrogens with zero attached hydrogens (tertiary/aromatic N) is 4. The van der Waals surface area contributed by atoms with Crippen molar-refractivity contribution < 1.29 is 4.79 Å². The van der Waals surface area contributed by atoms with Crippen LogP contribution >= 0.6 is 0 Å². The highest BCUT2D eigenvalue weighted by molar-refractivity contribution is 5.82. The van der Waals surface area contributed by atoms with Crippen LogP contribution in [0.3, 0.4) is 0 Å². The van der Waals surface area contributed by atoms with Crippen molar-refractivity contribution in [1.29, 1.82) is 0 Å². The Balaban J connectivity index is 1.20. The Hall–Kier alpha value is -4.22. The highest BCUT2D eigenvalue weighted by atomic mass is 16.2. The molecule has 170 valence electrons. The van der Waals surface area contributed by atoms with Gasteiger partial charge in [-0.2, -0.15) is 0 Å². The van der Waals surface area contributed by atoms with Crippen molar-refractivity contribution in [3.63, 3.8) is 0 Å². The fourth-order valence-electron chi connectivity index (χ4n) is 4.36. The molecule has 1 aliphatic heterocycles. The van der Waals surface area contributed by atoms with Crippen molar-refractivity contribution in [2.75, 3.05) is 6.54 Å². The van der Waals surface area contributed by atoms with Crippen LogP contribution < -0.4 is 10.6 Å². The first kappa shape index (κ1) is 21.6. The number of hydrogen-bond acceptors (Lipinski definition) is 4. The van der Waals surface area contributed by atoms with E-state index in [4.69, 9.17) is 6.57 Å². The predicted molar refractivity (Wildman–Crippen MR) is 128 cm³/mol. The maximum Gasteiger partial charge on any atom is 0.237 e. The molecule has 8 nitrogen and oxygen atoms in total. The molecule has 34 heavy (non-hydrogen) atoms. The van der Waals surface area contributed by atoms with Gasteiger partial charge in [0.2, 0.25) is 5.91 Å². The molecular formula is C26H25N7O. The number of fused-ring (bicyclic) bond motifs is 1. The lowest BCUT2D eigenvalue weighted by molar-refractivity contribution is -0.123. The number of hydrogen-bond donors (Lipinski definition) is 3. The first-order valence-corrected chi connectivity index (χ1v) is 11.3. The topological polar surface area (TPSA) is 92.0 Å². The Morgan fingerprint density at radius 2 is 2.00 bits per heavy atom. The first-order valence-electron chi connectivity index (χ1n) is 11.3. The molecule has 2 atom stereocenters. The van der Waals surface area contributed by atoms with Gasteiger partial charge in [0.1, 0.15) is 0 Å². The second kappa shape index (κ2) is 9.73. The summed E-state index contributed by atoms with van der Waals surface area (Å²) < 4.78 is 2.07. The number of benzene rings is 2. The van der Waals surface area contributed by atoms with Crippen molar-refractivity contribution in [2.24, 2.45) is 0 Å². The molecule has 0 spiro atoms. The van der Waals surface area contributed by atoms with E-state index in [-0.39, 0.29) is 18.0 Å². The number of aromatic nitrogens is 4. The molecule has 0 aliphatic carbocycles. The number of carbonyl (C=O) groups is 1. The first-order chi connectivity index (χ1) is 16.7. The average Bonchev–Trinajstić information content (AvgIpc) is 3.54. The van der Waals surface area contributed by atoms with Crippen LogP contribution in [0, 0.1) is 6.57 Å². The van der Waals surface area contributed by atoms with E-state index in [0.29, 0.717) is 31.6 Å². The summed E-state index contributed by atoms with van der Waals surface area (Å²) in [5.41, 5.74) is 5.80. The normalized spacial score (nSPS) is 17.0. The Kier molecular flexibility index (Phi) is 6.19. The molecule has 2 aromatic heterocycles. The van der Waals surface area contributed by atoms with Gasteiger partial charge in [-0.15, -0.1) is 0 Å². The highest BCUT2D eigenvalue weighted by Crippen LogP contribution is 2.28. The molecule has 0 saturated heterocycles. The van der Waals surface area contributed by atoms with Gasteiger partial charge in [0.05, 0.1) is 37.0 Å². The largest absolute Gasteiger partial charge is 0.354 e. The van der Waals surface area contributed by atoms with Crippen LogP contribution in [0.4, 0.5) is 5.69 Å². The molecule has 0 saturated carbocycles. The number of aromatic amines is 1. The van der Waals surface area contributed by atoms with Gasteiger partial charge < -0.3 is 14.9 Å². The van der Waals surface area contributed by atoms with Crippen LogP contribution in [-0.4, -0.2) is 38.0 Å². The van der Waals surface area contributed by atoms with Crippen LogP contribution in [-0.2, 0) is 24.2 Å². The number of carbonyl (C=O) groups excluding carboxylic acids is 1. The second-order valence-corrected chi connectivity index (χ2v) is 8.37. The summed E-state index contributed by atoms with van der Waals surface area (Å²) in [6, 6.07) is 17.2. The zero-order chi connectivity index (χ0) is 23.3. The van der Waals surface area contributed by atoms with Gasteiger partial charge in [-0.3, -0.25) is 10.1 Å². The number of H-pyrrole nitrogens is 1. The summed E-state index contributed by atoms with van der Waals surface area (Å²) in [6.45, 7) is 8.27. The molecule has 5 rings (SSSR count). The molecule has 3 heterocycles. The van der Waals surface area contributed by atoms with E-state index >= 15 is 0 Å². The Labute approximate surface area is 197 Å². The molecule has 8 heteroatoms. The summed E-state index contributed by atoms with van der Waals surface area (Å²) in [7, 11) is 0. The van der Waals surface area contributed by atoms with Gasteiger partial charge in [0.15, 0.2) is 5.69 Å². The van der Waals surface area contributed by atoms with E-state index in [1.807, 2.05) is 60.8 Å². The summed E-state index contributed by atoms with van der Waals surface area (Å²) in [5, 5.41) is 6.56. The lowest BCUT2D eigenvalue weighted by Crippen LogP contribution is -2.50. The minimum absolute atomic E-state index is 0.0259. The van der Waals surface area contributed by atoms with Crippen LogP contribution in [0.2, 0.25) is 0 Å². The van der Waals surface area contributed by atoms with Crippen LogP contribution in [0.1, 0.15) is 34.3 Å². The molecular weight excluding hydrogens is 426 g/mol. The average molecular weight is 452 g/mol. The second-order valence-electron chi connectivity index (χ2n) is 8.37. The van der Waals surface area contributed by atoms with Crippen LogP contribution in [0.5, 0.6) is 0 Å². The zero-order valence-corrected chi connectivity index (χ0v) is 18.6. The van der Waals surface area contributed by atoms with E-state index < -0.39 is 0 Å². The van der Waals surface area contributed by atoms with Gasteiger partial charge >= 0.3 is 0 Å². The summed E-state index contributed by atoms with van der Waals surface area (Å²) >= 11 is 0. The van der Waals surface area contributed by atoms with E-state index in [0.717, 1.165) is 28.2 Å². The molecule has 4 aromatic rings. The Morgan fingerprint density at radius 1 is 1.18 bits per heavy atom. The number of nitrogens with one attached hydrogen (secondary N) is 3. The standard InChI is InChI=1S/C26H25N7O/c1-27-20-9-7-18(8-10-20)15-33-17-28-14-21(33)11-12-29-26(34)23-13-22-25(31-16-30-22)24(32-23)19-5-3-2-4-6-19/h2-10,14,16-17,23-24,32H,11-13,15H2,(H,29,34)(H,30,31). The minimum atomic E-state index is -0.343. The van der Waals surface area contributed by atoms with Crippen LogP contribution in [0.25, 0.3) is 4.85 Å². The predicted octanol–water partition coefficient (Wildman–Crippen LogP) is 3.17. The van der Waals surface area contributed by atoms with Crippen LogP contribution in [0.15, 0.2) is 73.4 Å². The highest BCUT2D eigenvalue weighted by Gasteiger charge is 2.33. The molecule has 1 aliphatic rings. The summed E-state index contributed by atoms with van der Waals surface area (Å²) in [4.78, 5) is 28.4. The fourth-order valence-corrected chi connectivity index (χ4v) is 4.36. The van der Waals surface area contributed by atoms with E-state index in [1.54, 1.807) is 12.7 Å². The molecule has 0 radical (unpaired) electrons. The maximum atomic E-state index is 13.0. The van der Waals surface area contributed by atoms with Gasteiger partial charge in [-0.05, 0) is 11.1 Å². The Bertz CT molecular complexity index is 1300. The van der Waals surface area contributed by atoms with Gasteiger partial charge in [0, 0.05) is 43.5 Å². The SMILES string of the molecule is [C-]#[N+]c1ccc(Cn2cncc2CCNC(=O)C2Cc3[nH]cnc3C(c3ccccc3)N2)cc1. The number of imidazole rings is 2. The maximum absolute atomic E-state index is 13.0. The third-order valence-corrected chi connectivity index (χ3v) is 6.15.